The van der Waals surface area contributed by atoms with Crippen LogP contribution in [0, 0.1) is 5.41 Å². The maximum Gasteiger partial charge on any atom is 0.220 e. The summed E-state index contributed by atoms with van der Waals surface area (Å²) in [5.41, 5.74) is 0.275. The summed E-state index contributed by atoms with van der Waals surface area (Å²) in [6.45, 7) is 4.10. The highest BCUT2D eigenvalue weighted by Crippen LogP contribution is 2.35. The van der Waals surface area contributed by atoms with E-state index in [1.165, 1.54) is 0 Å². The van der Waals surface area contributed by atoms with Gasteiger partial charge in [0.1, 0.15) is 0 Å². The predicted molar refractivity (Wildman–Crippen MR) is 37.5 cm³/mol. The van der Waals surface area contributed by atoms with Crippen molar-refractivity contribution in [1.82, 2.24) is 10.6 Å². The van der Waals surface area contributed by atoms with Crippen molar-refractivity contribution in [3.63, 3.8) is 0 Å². The van der Waals surface area contributed by atoms with Gasteiger partial charge >= 0.3 is 0 Å². The van der Waals surface area contributed by atoms with Gasteiger partial charge in [-0.05, 0) is 6.92 Å². The lowest BCUT2D eigenvalue weighted by Crippen LogP contribution is -2.58. The summed E-state index contributed by atoms with van der Waals surface area (Å²) in [6.07, 6.45) is 0.723. The molecule has 0 aromatic carbocycles. The molecular formula is C7H12N2O. The summed E-state index contributed by atoms with van der Waals surface area (Å²) in [5, 5.41) is 6.13. The molecule has 2 rings (SSSR count). The van der Waals surface area contributed by atoms with Gasteiger partial charge < -0.3 is 10.6 Å². The van der Waals surface area contributed by atoms with Crippen LogP contribution in [0.3, 0.4) is 0 Å². The van der Waals surface area contributed by atoms with E-state index in [0.29, 0.717) is 6.04 Å². The highest BCUT2D eigenvalue weighted by molar-refractivity contribution is 5.80. The first-order valence-corrected chi connectivity index (χ1v) is 3.73. The average molecular weight is 140 g/mol. The summed E-state index contributed by atoms with van der Waals surface area (Å²) in [4.78, 5) is 10.9. The van der Waals surface area contributed by atoms with Gasteiger partial charge in [0, 0.05) is 31.0 Å². The fourth-order valence-electron chi connectivity index (χ4n) is 1.80. The van der Waals surface area contributed by atoms with E-state index in [1.54, 1.807) is 0 Å². The normalized spacial score (nSPS) is 35.7. The van der Waals surface area contributed by atoms with Crippen LogP contribution in [0.25, 0.3) is 0 Å². The second-order valence-electron chi connectivity index (χ2n) is 3.43. The number of amides is 1. The molecule has 2 aliphatic heterocycles. The van der Waals surface area contributed by atoms with Crippen LogP contribution >= 0.6 is 0 Å². The molecule has 0 aliphatic carbocycles. The fourth-order valence-corrected chi connectivity index (χ4v) is 1.80. The Morgan fingerprint density at radius 3 is 2.50 bits per heavy atom. The van der Waals surface area contributed by atoms with Gasteiger partial charge in [-0.1, -0.05) is 0 Å². The third-order valence-electron chi connectivity index (χ3n) is 2.76. The van der Waals surface area contributed by atoms with E-state index in [1.807, 2.05) is 0 Å². The lowest BCUT2D eigenvalue weighted by molar-refractivity contribution is -0.119. The summed E-state index contributed by atoms with van der Waals surface area (Å²) >= 11 is 0. The van der Waals surface area contributed by atoms with Crippen LogP contribution in [0.2, 0.25) is 0 Å². The van der Waals surface area contributed by atoms with E-state index in [0.717, 1.165) is 19.5 Å². The van der Waals surface area contributed by atoms with Crippen LogP contribution in [-0.2, 0) is 4.79 Å². The van der Waals surface area contributed by atoms with Gasteiger partial charge in [-0.25, -0.2) is 0 Å². The monoisotopic (exact) mass is 140 g/mol. The Labute approximate surface area is 60.2 Å². The van der Waals surface area contributed by atoms with Crippen molar-refractivity contribution in [3.8, 4) is 0 Å². The molecule has 1 atom stereocenters. The molecule has 2 aliphatic rings. The maximum atomic E-state index is 10.9. The number of carbonyl (C=O) groups excluding carboxylic acids is 1. The minimum atomic E-state index is 0.217. The molecule has 2 saturated heterocycles. The first kappa shape index (κ1) is 6.16. The highest BCUT2D eigenvalue weighted by Gasteiger charge is 2.48. The Morgan fingerprint density at radius 1 is 1.60 bits per heavy atom. The van der Waals surface area contributed by atoms with Gasteiger partial charge in [-0.3, -0.25) is 4.79 Å². The SMILES string of the molecule is CC1NC(=O)CC12CNC2. The zero-order chi connectivity index (χ0) is 7.19. The topological polar surface area (TPSA) is 41.1 Å². The van der Waals surface area contributed by atoms with Crippen LogP contribution in [0.15, 0.2) is 0 Å². The minimum absolute atomic E-state index is 0.217. The summed E-state index contributed by atoms with van der Waals surface area (Å²) in [7, 11) is 0. The molecule has 56 valence electrons. The van der Waals surface area contributed by atoms with Gasteiger partial charge in [0.15, 0.2) is 0 Å². The number of hydrogen-bond acceptors (Lipinski definition) is 2. The average Bonchev–Trinajstić information content (AvgIpc) is 2.04. The van der Waals surface area contributed by atoms with Crippen molar-refractivity contribution in [2.45, 2.75) is 19.4 Å². The minimum Gasteiger partial charge on any atom is -0.353 e. The van der Waals surface area contributed by atoms with Crippen LogP contribution < -0.4 is 10.6 Å². The number of hydrogen-bond donors (Lipinski definition) is 2. The number of nitrogens with one attached hydrogen (secondary N) is 2. The molecule has 0 aromatic rings. The van der Waals surface area contributed by atoms with Crippen molar-refractivity contribution in [3.05, 3.63) is 0 Å². The largest absolute Gasteiger partial charge is 0.353 e. The first-order chi connectivity index (χ1) is 4.73. The van der Waals surface area contributed by atoms with E-state index < -0.39 is 0 Å². The number of carbonyl (C=O) groups is 1. The summed E-state index contributed by atoms with van der Waals surface area (Å²) < 4.78 is 0. The van der Waals surface area contributed by atoms with Gasteiger partial charge in [0.2, 0.25) is 5.91 Å². The van der Waals surface area contributed by atoms with Gasteiger partial charge in [0.25, 0.3) is 0 Å². The van der Waals surface area contributed by atoms with Crippen molar-refractivity contribution < 1.29 is 4.79 Å². The Kier molecular flexibility index (Phi) is 1.06. The van der Waals surface area contributed by atoms with Gasteiger partial charge in [-0.15, -0.1) is 0 Å². The molecule has 3 heteroatoms. The summed E-state index contributed by atoms with van der Waals surface area (Å²) in [6, 6.07) is 0.376. The molecule has 3 nitrogen and oxygen atoms in total. The molecule has 1 amide bonds. The Bertz CT molecular complexity index is 174. The molecule has 10 heavy (non-hydrogen) atoms. The van der Waals surface area contributed by atoms with Crippen LogP contribution in [-0.4, -0.2) is 25.0 Å². The van der Waals surface area contributed by atoms with Crippen molar-refractivity contribution in [1.29, 1.82) is 0 Å². The quantitative estimate of drug-likeness (QED) is 0.475. The van der Waals surface area contributed by atoms with Gasteiger partial charge in [0.05, 0.1) is 0 Å². The third-order valence-corrected chi connectivity index (χ3v) is 2.76. The summed E-state index contributed by atoms with van der Waals surface area (Å²) in [5.74, 6) is 0.217. The van der Waals surface area contributed by atoms with E-state index in [9.17, 15) is 4.79 Å². The van der Waals surface area contributed by atoms with E-state index in [-0.39, 0.29) is 11.3 Å². The first-order valence-electron chi connectivity index (χ1n) is 3.73. The lowest BCUT2D eigenvalue weighted by atomic mass is 9.76. The van der Waals surface area contributed by atoms with Crippen molar-refractivity contribution in [2.24, 2.45) is 5.41 Å². The smallest absolute Gasteiger partial charge is 0.220 e. The van der Waals surface area contributed by atoms with E-state index in [2.05, 4.69) is 17.6 Å². The molecule has 1 spiro atoms. The lowest BCUT2D eigenvalue weighted by Gasteiger charge is -2.41. The van der Waals surface area contributed by atoms with Crippen LogP contribution in [0.5, 0.6) is 0 Å². The van der Waals surface area contributed by atoms with Crippen LogP contribution in [0.1, 0.15) is 13.3 Å². The fraction of sp³-hybridized carbons (Fsp3) is 0.857. The molecule has 2 heterocycles. The molecule has 0 bridgehead atoms. The standard InChI is InChI=1S/C7H12N2O/c1-5-7(3-8-4-7)2-6(10)9-5/h5,8H,2-4H2,1H3,(H,9,10). The molecule has 2 N–H and O–H groups in total. The Morgan fingerprint density at radius 2 is 2.30 bits per heavy atom. The maximum absolute atomic E-state index is 10.9. The molecule has 2 fully saturated rings. The number of rotatable bonds is 0. The van der Waals surface area contributed by atoms with E-state index in [4.69, 9.17) is 0 Å². The molecular weight excluding hydrogens is 128 g/mol. The van der Waals surface area contributed by atoms with Crippen molar-refractivity contribution >= 4 is 5.91 Å². The molecule has 1 unspecified atom stereocenters. The highest BCUT2D eigenvalue weighted by atomic mass is 16.2. The molecule has 0 radical (unpaired) electrons. The van der Waals surface area contributed by atoms with Crippen molar-refractivity contribution in [2.75, 3.05) is 13.1 Å². The molecule has 0 aromatic heterocycles. The second-order valence-corrected chi connectivity index (χ2v) is 3.43. The Hall–Kier alpha value is -0.570. The third kappa shape index (κ3) is 0.611. The zero-order valence-electron chi connectivity index (χ0n) is 6.11. The predicted octanol–water partition coefficient (Wildman–Crippen LogP) is -0.516. The second kappa shape index (κ2) is 1.72. The van der Waals surface area contributed by atoms with Gasteiger partial charge in [-0.2, -0.15) is 0 Å². The Balaban J connectivity index is 2.15. The van der Waals surface area contributed by atoms with Crippen LogP contribution in [0.4, 0.5) is 0 Å². The zero-order valence-corrected chi connectivity index (χ0v) is 6.11. The molecule has 0 saturated carbocycles. The van der Waals surface area contributed by atoms with E-state index >= 15 is 0 Å².